The van der Waals surface area contributed by atoms with Crippen molar-refractivity contribution in [3.05, 3.63) is 54.1 Å². The Hall–Kier alpha value is -1.97. The third-order valence-corrected chi connectivity index (χ3v) is 7.69. The van der Waals surface area contributed by atoms with Crippen molar-refractivity contribution in [3.63, 3.8) is 0 Å². The van der Waals surface area contributed by atoms with Crippen LogP contribution in [0.25, 0.3) is 0 Å². The lowest BCUT2D eigenvalue weighted by Gasteiger charge is -2.29. The molecule has 0 bridgehead atoms. The molecule has 0 unspecified atom stereocenters. The van der Waals surface area contributed by atoms with Crippen LogP contribution in [-0.2, 0) is 10.0 Å². The van der Waals surface area contributed by atoms with E-state index in [1.165, 1.54) is 16.4 Å². The van der Waals surface area contributed by atoms with E-state index in [0.29, 0.717) is 46.9 Å². The van der Waals surface area contributed by atoms with E-state index in [9.17, 15) is 22.0 Å². The standard InChI is InChI=1S/C21H24F2N2O3S2/c1-15-9-11-25(12-10-15)30(27,28)19-4-2-3-16(13-19)20(26)14-24-17-5-7-18(8-6-17)29-21(22)23/h2-8,13,15,21,24H,9-12,14H2,1H3. The molecule has 0 aliphatic carbocycles. The molecule has 0 radical (unpaired) electrons. The van der Waals surface area contributed by atoms with E-state index in [1.54, 1.807) is 36.4 Å². The molecule has 9 heteroatoms. The van der Waals surface area contributed by atoms with E-state index in [0.717, 1.165) is 12.8 Å². The highest BCUT2D eigenvalue weighted by Crippen LogP contribution is 2.26. The number of carbonyl (C=O) groups excluding carboxylic acids is 1. The Morgan fingerprint density at radius 2 is 1.83 bits per heavy atom. The Bertz CT molecular complexity index is 974. The molecule has 1 N–H and O–H groups in total. The number of halogens is 2. The first kappa shape index (κ1) is 22.7. The normalized spacial score (nSPS) is 16.0. The predicted molar refractivity (Wildman–Crippen MR) is 115 cm³/mol. The Kier molecular flexibility index (Phi) is 7.49. The molecular formula is C21H24F2N2O3S2. The summed E-state index contributed by atoms with van der Waals surface area (Å²) in [5, 5.41) is 2.94. The average molecular weight is 455 g/mol. The molecule has 0 spiro atoms. The van der Waals surface area contributed by atoms with Gasteiger partial charge in [0, 0.05) is 29.2 Å². The van der Waals surface area contributed by atoms with E-state index in [-0.39, 0.29) is 17.2 Å². The molecule has 0 amide bonds. The number of anilines is 1. The van der Waals surface area contributed by atoms with Gasteiger partial charge in [-0.2, -0.15) is 13.1 Å². The molecule has 1 heterocycles. The number of sulfonamides is 1. The largest absolute Gasteiger partial charge is 0.378 e. The van der Waals surface area contributed by atoms with Crippen molar-refractivity contribution in [3.8, 4) is 0 Å². The summed E-state index contributed by atoms with van der Waals surface area (Å²) in [5.41, 5.74) is 0.923. The number of nitrogens with zero attached hydrogens (tertiary/aromatic N) is 1. The summed E-state index contributed by atoms with van der Waals surface area (Å²) in [6, 6.07) is 12.4. The first-order chi connectivity index (χ1) is 14.3. The molecule has 3 rings (SSSR count). The number of alkyl halides is 2. The Labute approximate surface area is 179 Å². The van der Waals surface area contributed by atoms with Crippen LogP contribution in [0.2, 0.25) is 0 Å². The number of thioether (sulfide) groups is 1. The molecule has 5 nitrogen and oxygen atoms in total. The van der Waals surface area contributed by atoms with Gasteiger partial charge in [0.05, 0.1) is 11.4 Å². The van der Waals surface area contributed by atoms with Gasteiger partial charge in [-0.3, -0.25) is 4.79 Å². The molecule has 162 valence electrons. The topological polar surface area (TPSA) is 66.5 Å². The maximum Gasteiger partial charge on any atom is 0.288 e. The van der Waals surface area contributed by atoms with E-state index in [2.05, 4.69) is 12.2 Å². The van der Waals surface area contributed by atoms with Gasteiger partial charge in [-0.15, -0.1) is 0 Å². The molecule has 0 saturated carbocycles. The molecule has 2 aromatic rings. The van der Waals surface area contributed by atoms with E-state index >= 15 is 0 Å². The van der Waals surface area contributed by atoms with Gasteiger partial charge in [0.15, 0.2) is 5.78 Å². The van der Waals surface area contributed by atoms with Gasteiger partial charge in [0.1, 0.15) is 0 Å². The lowest BCUT2D eigenvalue weighted by molar-refractivity contribution is 0.101. The Morgan fingerprint density at radius 1 is 1.17 bits per heavy atom. The molecule has 1 saturated heterocycles. The summed E-state index contributed by atoms with van der Waals surface area (Å²) in [7, 11) is -3.63. The summed E-state index contributed by atoms with van der Waals surface area (Å²) in [6.07, 6.45) is 1.66. The third kappa shape index (κ3) is 5.80. The summed E-state index contributed by atoms with van der Waals surface area (Å²) >= 11 is 0.455. The van der Waals surface area contributed by atoms with E-state index in [4.69, 9.17) is 0 Å². The number of piperidine rings is 1. The van der Waals surface area contributed by atoms with Crippen LogP contribution in [0.5, 0.6) is 0 Å². The number of hydrogen-bond acceptors (Lipinski definition) is 5. The number of nitrogens with one attached hydrogen (secondary N) is 1. The van der Waals surface area contributed by atoms with Crippen LogP contribution in [0.1, 0.15) is 30.1 Å². The van der Waals surface area contributed by atoms with Crippen LogP contribution in [0, 0.1) is 5.92 Å². The lowest BCUT2D eigenvalue weighted by atomic mass is 10.0. The van der Waals surface area contributed by atoms with Crippen molar-refractivity contribution in [1.29, 1.82) is 0 Å². The van der Waals surface area contributed by atoms with Gasteiger partial charge in [-0.1, -0.05) is 30.8 Å². The quantitative estimate of drug-likeness (QED) is 0.462. The van der Waals surface area contributed by atoms with Crippen molar-refractivity contribution >= 4 is 33.3 Å². The molecule has 1 aliphatic rings. The second-order valence-corrected chi connectivity index (χ2v) is 10.3. The van der Waals surface area contributed by atoms with Crippen molar-refractivity contribution in [2.45, 2.75) is 35.3 Å². The van der Waals surface area contributed by atoms with Crippen LogP contribution in [0.4, 0.5) is 14.5 Å². The molecule has 1 fully saturated rings. The second kappa shape index (κ2) is 9.89. The fourth-order valence-corrected chi connectivity index (χ4v) is 5.26. The zero-order valence-electron chi connectivity index (χ0n) is 16.6. The monoisotopic (exact) mass is 454 g/mol. The summed E-state index contributed by atoms with van der Waals surface area (Å²) in [6.45, 7) is 3.06. The molecule has 0 aromatic heterocycles. The van der Waals surface area contributed by atoms with Crippen molar-refractivity contribution < 1.29 is 22.0 Å². The second-order valence-electron chi connectivity index (χ2n) is 7.29. The maximum absolute atomic E-state index is 12.9. The minimum Gasteiger partial charge on any atom is -0.378 e. The highest BCUT2D eigenvalue weighted by molar-refractivity contribution is 7.99. The average Bonchev–Trinajstić information content (AvgIpc) is 2.73. The van der Waals surface area contributed by atoms with Crippen molar-refractivity contribution in [2.24, 2.45) is 5.92 Å². The zero-order chi connectivity index (χ0) is 21.7. The summed E-state index contributed by atoms with van der Waals surface area (Å²) in [4.78, 5) is 13.1. The Balaban J connectivity index is 1.64. The number of benzene rings is 2. The van der Waals surface area contributed by atoms with Crippen LogP contribution >= 0.6 is 11.8 Å². The molecule has 0 atom stereocenters. The number of carbonyl (C=O) groups is 1. The lowest BCUT2D eigenvalue weighted by Crippen LogP contribution is -2.37. The first-order valence-corrected chi connectivity index (χ1v) is 12.0. The summed E-state index contributed by atoms with van der Waals surface area (Å²) in [5.74, 6) is -2.23. The smallest absolute Gasteiger partial charge is 0.288 e. The fraction of sp³-hybridized carbons (Fsp3) is 0.381. The van der Waals surface area contributed by atoms with Gasteiger partial charge in [0.2, 0.25) is 10.0 Å². The third-order valence-electron chi connectivity index (χ3n) is 5.07. The van der Waals surface area contributed by atoms with E-state index < -0.39 is 15.8 Å². The van der Waals surface area contributed by atoms with Crippen LogP contribution in [0.3, 0.4) is 0 Å². The number of Topliss-reactive ketones (excluding diaryl/α,β-unsaturated/α-hetero) is 1. The molecule has 2 aromatic carbocycles. The molecule has 1 aliphatic heterocycles. The van der Waals surface area contributed by atoms with Gasteiger partial charge in [-0.05, 0) is 55.2 Å². The van der Waals surface area contributed by atoms with Gasteiger partial charge < -0.3 is 5.32 Å². The highest BCUT2D eigenvalue weighted by atomic mass is 32.2. The van der Waals surface area contributed by atoms with Crippen LogP contribution in [-0.4, -0.2) is 43.9 Å². The molecular weight excluding hydrogens is 430 g/mol. The van der Waals surface area contributed by atoms with Crippen molar-refractivity contribution in [2.75, 3.05) is 25.0 Å². The van der Waals surface area contributed by atoms with Gasteiger partial charge in [-0.25, -0.2) is 8.42 Å². The minimum atomic E-state index is -3.63. The summed E-state index contributed by atoms with van der Waals surface area (Å²) < 4.78 is 52.0. The van der Waals surface area contributed by atoms with Gasteiger partial charge in [0.25, 0.3) is 5.76 Å². The fourth-order valence-electron chi connectivity index (χ4n) is 3.24. The number of rotatable bonds is 8. The number of ketones is 1. The number of hydrogen-bond donors (Lipinski definition) is 1. The zero-order valence-corrected chi connectivity index (χ0v) is 18.2. The van der Waals surface area contributed by atoms with Crippen molar-refractivity contribution in [1.82, 2.24) is 4.31 Å². The molecule has 30 heavy (non-hydrogen) atoms. The minimum absolute atomic E-state index is 0.0356. The SMILES string of the molecule is CC1CCN(S(=O)(=O)c2cccc(C(=O)CNc3ccc(SC(F)F)cc3)c2)CC1. The highest BCUT2D eigenvalue weighted by Gasteiger charge is 2.28. The maximum atomic E-state index is 12.9. The van der Waals surface area contributed by atoms with E-state index in [1.807, 2.05) is 0 Å². The van der Waals surface area contributed by atoms with Crippen LogP contribution in [0.15, 0.2) is 58.3 Å². The van der Waals surface area contributed by atoms with Gasteiger partial charge >= 0.3 is 0 Å². The first-order valence-electron chi connectivity index (χ1n) is 9.68. The Morgan fingerprint density at radius 3 is 2.47 bits per heavy atom. The predicted octanol–water partition coefficient (Wildman–Crippen LogP) is 4.72. The van der Waals surface area contributed by atoms with Crippen LogP contribution < -0.4 is 5.32 Å².